The highest BCUT2D eigenvalue weighted by molar-refractivity contribution is 5.82. The first-order chi connectivity index (χ1) is 15.4. The zero-order valence-corrected chi connectivity index (χ0v) is 20.5. The average Bonchev–Trinajstić information content (AvgIpc) is 3.02. The van der Waals surface area contributed by atoms with Crippen LogP contribution in [0.25, 0.3) is 11.1 Å². The molecular weight excluding hydrogens is 384 g/mol. The van der Waals surface area contributed by atoms with Crippen molar-refractivity contribution in [2.75, 3.05) is 0 Å². The van der Waals surface area contributed by atoms with Crippen LogP contribution in [0.2, 0.25) is 0 Å². The molecule has 2 aromatic carbocycles. The van der Waals surface area contributed by atoms with Crippen molar-refractivity contribution in [1.29, 1.82) is 0 Å². The maximum atomic E-state index is 2.77. The van der Waals surface area contributed by atoms with Gasteiger partial charge in [0.25, 0.3) is 0 Å². The zero-order chi connectivity index (χ0) is 21.7. The van der Waals surface area contributed by atoms with E-state index >= 15 is 0 Å². The van der Waals surface area contributed by atoms with E-state index in [4.69, 9.17) is 0 Å². The Hall–Kier alpha value is -1.56. The van der Waals surface area contributed by atoms with Crippen LogP contribution in [0.1, 0.15) is 114 Å². The Bertz CT molecular complexity index is 1040. The Kier molecular flexibility index (Phi) is 4.05. The molecular formula is C32H40. The molecule has 0 radical (unpaired) electrons. The van der Waals surface area contributed by atoms with E-state index in [2.05, 4.69) is 57.2 Å². The van der Waals surface area contributed by atoms with Gasteiger partial charge in [-0.05, 0) is 113 Å². The number of hydrogen-bond acceptors (Lipinski definition) is 0. The van der Waals surface area contributed by atoms with E-state index in [1.54, 1.807) is 27.8 Å². The van der Waals surface area contributed by atoms with Gasteiger partial charge < -0.3 is 0 Å². The van der Waals surface area contributed by atoms with Crippen LogP contribution < -0.4 is 0 Å². The molecule has 5 saturated carbocycles. The van der Waals surface area contributed by atoms with E-state index < -0.39 is 0 Å². The van der Waals surface area contributed by atoms with Gasteiger partial charge in [-0.3, -0.25) is 0 Å². The summed E-state index contributed by atoms with van der Waals surface area (Å²) in [7, 11) is 0. The molecule has 32 heavy (non-hydrogen) atoms. The van der Waals surface area contributed by atoms with E-state index in [9.17, 15) is 0 Å². The van der Waals surface area contributed by atoms with Crippen molar-refractivity contribution in [3.8, 4) is 11.1 Å². The first-order valence-corrected chi connectivity index (χ1v) is 13.7. The summed E-state index contributed by atoms with van der Waals surface area (Å²) in [5.41, 5.74) is 10.7. The Morgan fingerprint density at radius 2 is 1.25 bits per heavy atom. The van der Waals surface area contributed by atoms with Crippen molar-refractivity contribution in [2.45, 2.75) is 108 Å². The Morgan fingerprint density at radius 1 is 0.688 bits per heavy atom. The highest BCUT2D eigenvalue weighted by Crippen LogP contribution is 2.62. The second kappa shape index (κ2) is 6.52. The Labute approximate surface area is 195 Å². The van der Waals surface area contributed by atoms with Crippen LogP contribution >= 0.6 is 0 Å². The fraction of sp³-hybridized carbons (Fsp3) is 0.625. The molecule has 0 heteroatoms. The molecule has 168 valence electrons. The number of hydrogen-bond donors (Lipinski definition) is 0. The van der Waals surface area contributed by atoms with Gasteiger partial charge in [-0.2, -0.15) is 0 Å². The summed E-state index contributed by atoms with van der Waals surface area (Å²) in [6, 6.07) is 15.4. The second-order valence-electron chi connectivity index (χ2n) is 13.6. The van der Waals surface area contributed by atoms with Crippen LogP contribution in [0.4, 0.5) is 0 Å². The lowest BCUT2D eigenvalue weighted by atomic mass is 9.48. The maximum Gasteiger partial charge on any atom is 0.0215 e. The van der Waals surface area contributed by atoms with Gasteiger partial charge in [-0.1, -0.05) is 76.4 Å². The summed E-state index contributed by atoms with van der Waals surface area (Å²) in [6.07, 6.45) is 15.9. The van der Waals surface area contributed by atoms with E-state index in [1.807, 2.05) is 0 Å². The van der Waals surface area contributed by atoms with Crippen molar-refractivity contribution >= 4 is 0 Å². The van der Waals surface area contributed by atoms with Crippen LogP contribution in [-0.2, 0) is 16.2 Å². The van der Waals surface area contributed by atoms with Gasteiger partial charge in [0.05, 0.1) is 0 Å². The van der Waals surface area contributed by atoms with E-state index in [0.717, 1.165) is 17.8 Å². The highest BCUT2D eigenvalue weighted by Gasteiger charge is 2.52. The maximum absolute atomic E-state index is 2.77. The van der Waals surface area contributed by atoms with Crippen molar-refractivity contribution in [2.24, 2.45) is 17.8 Å². The largest absolute Gasteiger partial charge is 0.0579 e. The zero-order valence-electron chi connectivity index (χ0n) is 20.5. The Balaban J connectivity index is 1.38. The minimum absolute atomic E-state index is 0.212. The van der Waals surface area contributed by atoms with Gasteiger partial charge in [-0.25, -0.2) is 0 Å². The fourth-order valence-corrected chi connectivity index (χ4v) is 9.45. The molecule has 1 spiro atoms. The van der Waals surface area contributed by atoms with Crippen molar-refractivity contribution in [1.82, 2.24) is 0 Å². The minimum Gasteiger partial charge on any atom is -0.0579 e. The van der Waals surface area contributed by atoms with Gasteiger partial charge in [0.1, 0.15) is 0 Å². The van der Waals surface area contributed by atoms with Crippen molar-refractivity contribution in [3.05, 3.63) is 58.7 Å². The quantitative estimate of drug-likeness (QED) is 0.429. The molecule has 6 aliphatic rings. The molecule has 6 aliphatic carbocycles. The summed E-state index contributed by atoms with van der Waals surface area (Å²) in [6.45, 7) is 7.11. The normalized spacial score (nSPS) is 34.0. The third-order valence-electron chi connectivity index (χ3n) is 10.6. The predicted octanol–water partition coefficient (Wildman–Crippen LogP) is 8.68. The molecule has 0 nitrogen and oxygen atoms in total. The summed E-state index contributed by atoms with van der Waals surface area (Å²) in [4.78, 5) is 0. The molecule has 0 heterocycles. The lowest BCUT2D eigenvalue weighted by Crippen LogP contribution is -2.48. The molecule has 5 fully saturated rings. The van der Waals surface area contributed by atoms with Gasteiger partial charge >= 0.3 is 0 Å². The summed E-state index contributed by atoms with van der Waals surface area (Å²) < 4.78 is 0. The Morgan fingerprint density at radius 3 is 1.84 bits per heavy atom. The lowest BCUT2D eigenvalue weighted by molar-refractivity contribution is -0.00524. The van der Waals surface area contributed by atoms with Crippen LogP contribution in [0.5, 0.6) is 0 Å². The SMILES string of the molecule is CC(C)(C)c1ccc2c(c1)C1(CCCCC1)c1cc(C34CC5CC(CC(C5)C3)C4)ccc1-2. The van der Waals surface area contributed by atoms with E-state index in [1.165, 1.54) is 76.2 Å². The highest BCUT2D eigenvalue weighted by atomic mass is 14.6. The smallest absolute Gasteiger partial charge is 0.0215 e. The molecule has 4 bridgehead atoms. The molecule has 0 N–H and O–H groups in total. The molecule has 0 aromatic heterocycles. The van der Waals surface area contributed by atoms with Crippen molar-refractivity contribution in [3.63, 3.8) is 0 Å². The van der Waals surface area contributed by atoms with Crippen LogP contribution in [0.15, 0.2) is 36.4 Å². The second-order valence-corrected chi connectivity index (χ2v) is 13.6. The third-order valence-corrected chi connectivity index (χ3v) is 10.6. The molecule has 0 unspecified atom stereocenters. The molecule has 0 atom stereocenters. The minimum atomic E-state index is 0.212. The molecule has 8 rings (SSSR count). The van der Waals surface area contributed by atoms with Crippen LogP contribution in [-0.4, -0.2) is 0 Å². The number of benzene rings is 2. The average molecular weight is 425 g/mol. The summed E-state index contributed by atoms with van der Waals surface area (Å²) >= 11 is 0. The number of rotatable bonds is 1. The standard InChI is InChI=1S/C32H40/c1-30(2,3)24-7-9-26-27-10-8-25(31-18-21-13-22(19-31)15-23(14-21)20-31)17-29(27)32(28(26)16-24)11-5-4-6-12-32/h7-10,16-17,21-23H,4-6,11-15,18-20H2,1-3H3. The van der Waals surface area contributed by atoms with E-state index in [0.29, 0.717) is 5.41 Å². The summed E-state index contributed by atoms with van der Waals surface area (Å²) in [5.74, 6) is 3.05. The van der Waals surface area contributed by atoms with Crippen molar-refractivity contribution < 1.29 is 0 Å². The predicted molar refractivity (Wildman–Crippen MR) is 134 cm³/mol. The first-order valence-electron chi connectivity index (χ1n) is 13.7. The topological polar surface area (TPSA) is 0 Å². The van der Waals surface area contributed by atoms with Gasteiger partial charge in [0.15, 0.2) is 0 Å². The van der Waals surface area contributed by atoms with E-state index in [-0.39, 0.29) is 10.8 Å². The fourth-order valence-electron chi connectivity index (χ4n) is 9.45. The first kappa shape index (κ1) is 19.9. The number of fused-ring (bicyclic) bond motifs is 5. The lowest BCUT2D eigenvalue weighted by Gasteiger charge is -2.57. The molecule has 2 aromatic rings. The molecule has 0 amide bonds. The van der Waals surface area contributed by atoms with Gasteiger partial charge in [0, 0.05) is 5.41 Å². The monoisotopic (exact) mass is 424 g/mol. The van der Waals surface area contributed by atoms with Gasteiger partial charge in [0.2, 0.25) is 0 Å². The van der Waals surface area contributed by atoms with Crippen LogP contribution in [0, 0.1) is 17.8 Å². The third kappa shape index (κ3) is 2.68. The summed E-state index contributed by atoms with van der Waals surface area (Å²) in [5, 5.41) is 0. The van der Waals surface area contributed by atoms with Gasteiger partial charge in [-0.15, -0.1) is 0 Å². The molecule has 0 saturated heterocycles. The van der Waals surface area contributed by atoms with Crippen LogP contribution in [0.3, 0.4) is 0 Å². The molecule has 0 aliphatic heterocycles.